The lowest BCUT2D eigenvalue weighted by Gasteiger charge is -2.34. The fraction of sp³-hybridized carbons (Fsp3) is 0.611. The maximum atomic E-state index is 12.5. The molecular formula is C18H26N2O. The van der Waals surface area contributed by atoms with Crippen molar-refractivity contribution < 1.29 is 4.79 Å². The average molecular weight is 286 g/mol. The van der Waals surface area contributed by atoms with Crippen molar-refractivity contribution in [3.05, 3.63) is 34.9 Å². The Hall–Kier alpha value is -1.35. The smallest absolute Gasteiger partial charge is 0.238 e. The molecule has 2 fully saturated rings. The summed E-state index contributed by atoms with van der Waals surface area (Å²) >= 11 is 0. The van der Waals surface area contributed by atoms with Gasteiger partial charge < -0.3 is 4.90 Å². The van der Waals surface area contributed by atoms with E-state index in [1.54, 1.807) is 0 Å². The molecule has 3 nitrogen and oxygen atoms in total. The average Bonchev–Trinajstić information content (AvgIpc) is 2.97. The number of nitrogens with zero attached hydrogens (tertiary/aromatic N) is 1. The van der Waals surface area contributed by atoms with Crippen LogP contribution in [0.25, 0.3) is 0 Å². The second kappa shape index (κ2) is 5.45. The van der Waals surface area contributed by atoms with Crippen molar-refractivity contribution in [2.24, 2.45) is 11.8 Å². The second-order valence-electron chi connectivity index (χ2n) is 6.93. The summed E-state index contributed by atoms with van der Waals surface area (Å²) in [5, 5.41) is 3.43. The minimum absolute atomic E-state index is 0.0511. The largest absolute Gasteiger partial charge is 0.319 e. The van der Waals surface area contributed by atoms with Gasteiger partial charge in [0.1, 0.15) is 6.17 Å². The third-order valence-corrected chi connectivity index (χ3v) is 5.52. The van der Waals surface area contributed by atoms with Crippen molar-refractivity contribution in [3.63, 3.8) is 0 Å². The molecule has 21 heavy (non-hydrogen) atoms. The van der Waals surface area contributed by atoms with Crippen LogP contribution in [0.1, 0.15) is 49.5 Å². The van der Waals surface area contributed by atoms with Crippen molar-refractivity contribution in [2.45, 2.75) is 52.7 Å². The highest BCUT2D eigenvalue weighted by molar-refractivity contribution is 5.81. The molecule has 0 aromatic heterocycles. The molecular weight excluding hydrogens is 260 g/mol. The molecule has 1 saturated heterocycles. The first-order valence-corrected chi connectivity index (χ1v) is 8.10. The molecule has 1 saturated carbocycles. The van der Waals surface area contributed by atoms with E-state index in [1.165, 1.54) is 23.1 Å². The molecule has 1 amide bonds. The number of rotatable bonds is 2. The molecule has 1 heterocycles. The molecule has 0 radical (unpaired) electrons. The number of amides is 1. The molecule has 0 bridgehead atoms. The minimum Gasteiger partial charge on any atom is -0.319 e. The van der Waals surface area contributed by atoms with Crippen molar-refractivity contribution in [1.29, 1.82) is 0 Å². The van der Waals surface area contributed by atoms with E-state index < -0.39 is 0 Å². The number of carbonyl (C=O) groups is 1. The van der Waals surface area contributed by atoms with Crippen LogP contribution in [0.15, 0.2) is 18.2 Å². The standard InChI is InChI=1S/C18H26N2O/c1-11-5-6-13(3)15(9-11)18-19-10-17(21)20(18)16-8-7-12(2)14(16)4/h5-6,9,12,14,16,18-19H,7-8,10H2,1-4H3. The summed E-state index contributed by atoms with van der Waals surface area (Å²) in [6, 6.07) is 6.91. The molecule has 3 rings (SSSR count). The Kier molecular flexibility index (Phi) is 3.78. The van der Waals surface area contributed by atoms with Crippen molar-refractivity contribution in [3.8, 4) is 0 Å². The zero-order valence-corrected chi connectivity index (χ0v) is 13.5. The summed E-state index contributed by atoms with van der Waals surface area (Å²) in [5.74, 6) is 1.55. The monoisotopic (exact) mass is 286 g/mol. The zero-order chi connectivity index (χ0) is 15.1. The first-order valence-electron chi connectivity index (χ1n) is 8.10. The summed E-state index contributed by atoms with van der Waals surface area (Å²) in [5.41, 5.74) is 3.77. The Labute approximate surface area is 127 Å². The second-order valence-corrected chi connectivity index (χ2v) is 6.93. The summed E-state index contributed by atoms with van der Waals surface area (Å²) < 4.78 is 0. The van der Waals surface area contributed by atoms with Crippen LogP contribution in [0.3, 0.4) is 0 Å². The van der Waals surface area contributed by atoms with Crippen LogP contribution in [-0.2, 0) is 4.79 Å². The number of nitrogens with one attached hydrogen (secondary N) is 1. The molecule has 4 atom stereocenters. The Morgan fingerprint density at radius 2 is 1.95 bits per heavy atom. The fourth-order valence-corrected chi connectivity index (χ4v) is 3.94. The van der Waals surface area contributed by atoms with Gasteiger partial charge in [-0.3, -0.25) is 10.1 Å². The van der Waals surface area contributed by atoms with Crippen LogP contribution in [-0.4, -0.2) is 23.4 Å². The van der Waals surface area contributed by atoms with Gasteiger partial charge in [-0.05, 0) is 49.7 Å². The lowest BCUT2D eigenvalue weighted by Crippen LogP contribution is -2.42. The van der Waals surface area contributed by atoms with Gasteiger partial charge in [-0.2, -0.15) is 0 Å². The van der Waals surface area contributed by atoms with Crippen molar-refractivity contribution in [1.82, 2.24) is 10.2 Å². The Morgan fingerprint density at radius 3 is 2.62 bits per heavy atom. The number of hydrogen-bond acceptors (Lipinski definition) is 2. The number of carbonyl (C=O) groups excluding carboxylic acids is 1. The molecule has 1 aromatic rings. The van der Waals surface area contributed by atoms with Gasteiger partial charge in [-0.1, -0.05) is 37.6 Å². The fourth-order valence-electron chi connectivity index (χ4n) is 3.94. The molecule has 4 unspecified atom stereocenters. The molecule has 3 heteroatoms. The van der Waals surface area contributed by atoms with Crippen LogP contribution in [0, 0.1) is 25.7 Å². The van der Waals surface area contributed by atoms with Crippen molar-refractivity contribution >= 4 is 5.91 Å². The van der Waals surface area contributed by atoms with E-state index in [0.29, 0.717) is 24.4 Å². The van der Waals surface area contributed by atoms with E-state index in [2.05, 4.69) is 56.1 Å². The first-order chi connectivity index (χ1) is 9.99. The number of benzene rings is 1. The van der Waals surface area contributed by atoms with Gasteiger partial charge >= 0.3 is 0 Å². The molecule has 0 spiro atoms. The third kappa shape index (κ3) is 2.48. The highest BCUT2D eigenvalue weighted by Gasteiger charge is 2.43. The van der Waals surface area contributed by atoms with Gasteiger partial charge in [-0.15, -0.1) is 0 Å². The highest BCUT2D eigenvalue weighted by atomic mass is 16.2. The van der Waals surface area contributed by atoms with Gasteiger partial charge in [0.25, 0.3) is 0 Å². The molecule has 2 aliphatic rings. The van der Waals surface area contributed by atoms with Crippen molar-refractivity contribution in [2.75, 3.05) is 6.54 Å². The Morgan fingerprint density at radius 1 is 1.19 bits per heavy atom. The Bertz CT molecular complexity index is 554. The van der Waals surface area contributed by atoms with Gasteiger partial charge in [0.15, 0.2) is 0 Å². The normalized spacial score (nSPS) is 33.0. The summed E-state index contributed by atoms with van der Waals surface area (Å²) in [7, 11) is 0. The van der Waals surface area contributed by atoms with Crippen LogP contribution in [0.2, 0.25) is 0 Å². The molecule has 1 aliphatic heterocycles. The predicted molar refractivity (Wildman–Crippen MR) is 84.9 cm³/mol. The first kappa shape index (κ1) is 14.6. The molecule has 1 aromatic carbocycles. The SMILES string of the molecule is Cc1ccc(C)c(C2NCC(=O)N2C2CCC(C)C2C)c1. The lowest BCUT2D eigenvalue weighted by atomic mass is 9.95. The van der Waals surface area contributed by atoms with E-state index >= 15 is 0 Å². The van der Waals surface area contributed by atoms with E-state index in [9.17, 15) is 4.79 Å². The zero-order valence-electron chi connectivity index (χ0n) is 13.5. The molecule has 114 valence electrons. The van der Waals surface area contributed by atoms with Crippen LogP contribution >= 0.6 is 0 Å². The predicted octanol–water partition coefficient (Wildman–Crippen LogP) is 3.17. The summed E-state index contributed by atoms with van der Waals surface area (Å²) in [4.78, 5) is 14.6. The summed E-state index contributed by atoms with van der Waals surface area (Å²) in [6.07, 6.45) is 2.42. The summed E-state index contributed by atoms with van der Waals surface area (Å²) in [6.45, 7) is 9.33. The van der Waals surface area contributed by atoms with E-state index in [4.69, 9.17) is 0 Å². The van der Waals surface area contributed by atoms with Crippen LogP contribution in [0.4, 0.5) is 0 Å². The maximum absolute atomic E-state index is 12.5. The maximum Gasteiger partial charge on any atom is 0.238 e. The topological polar surface area (TPSA) is 32.3 Å². The van der Waals surface area contributed by atoms with E-state index in [-0.39, 0.29) is 12.1 Å². The number of hydrogen-bond donors (Lipinski definition) is 1. The molecule has 1 N–H and O–H groups in total. The van der Waals surface area contributed by atoms with Crippen LogP contribution in [0.5, 0.6) is 0 Å². The van der Waals surface area contributed by atoms with Gasteiger partial charge in [0.05, 0.1) is 6.54 Å². The van der Waals surface area contributed by atoms with E-state index in [0.717, 1.165) is 6.42 Å². The van der Waals surface area contributed by atoms with Crippen LogP contribution < -0.4 is 5.32 Å². The third-order valence-electron chi connectivity index (χ3n) is 5.52. The highest BCUT2D eigenvalue weighted by Crippen LogP contribution is 2.39. The van der Waals surface area contributed by atoms with Gasteiger partial charge in [0.2, 0.25) is 5.91 Å². The van der Waals surface area contributed by atoms with Gasteiger partial charge in [-0.25, -0.2) is 0 Å². The number of aryl methyl sites for hydroxylation is 2. The Balaban J connectivity index is 1.94. The minimum atomic E-state index is 0.0511. The van der Waals surface area contributed by atoms with Gasteiger partial charge in [0, 0.05) is 6.04 Å². The van der Waals surface area contributed by atoms with E-state index in [1.807, 2.05) is 0 Å². The molecule has 1 aliphatic carbocycles. The lowest BCUT2D eigenvalue weighted by molar-refractivity contribution is -0.131. The quantitative estimate of drug-likeness (QED) is 0.905.